The lowest BCUT2D eigenvalue weighted by Crippen LogP contribution is -2.40. The Kier molecular flexibility index (Phi) is 3.62. The van der Waals surface area contributed by atoms with E-state index in [1.165, 1.54) is 44.9 Å². The van der Waals surface area contributed by atoms with Gasteiger partial charge in [-0.25, -0.2) is 0 Å². The van der Waals surface area contributed by atoms with E-state index in [1.54, 1.807) is 0 Å². The average molecular weight is 183 g/mol. The van der Waals surface area contributed by atoms with E-state index in [9.17, 15) is 0 Å². The van der Waals surface area contributed by atoms with Crippen LogP contribution in [0.4, 0.5) is 0 Å². The molecule has 1 saturated heterocycles. The van der Waals surface area contributed by atoms with Crippen molar-refractivity contribution >= 4 is 0 Å². The molecule has 2 rings (SSSR count). The van der Waals surface area contributed by atoms with Crippen LogP contribution in [0.3, 0.4) is 0 Å². The van der Waals surface area contributed by atoms with E-state index >= 15 is 0 Å². The zero-order valence-electron chi connectivity index (χ0n) is 8.43. The average Bonchev–Trinajstić information content (AvgIpc) is 2.30. The van der Waals surface area contributed by atoms with Gasteiger partial charge in [0.25, 0.3) is 0 Å². The molecule has 2 aliphatic rings. The van der Waals surface area contributed by atoms with Crippen LogP contribution in [0.15, 0.2) is 0 Å². The summed E-state index contributed by atoms with van der Waals surface area (Å²) in [6.45, 7) is 2.12. The maximum absolute atomic E-state index is 5.88. The van der Waals surface area contributed by atoms with Crippen LogP contribution in [0, 0.1) is 0 Å². The Balaban J connectivity index is 1.91. The number of hydrogen-bond acceptors (Lipinski definition) is 2. The van der Waals surface area contributed by atoms with Gasteiger partial charge in [-0.1, -0.05) is 25.7 Å². The van der Waals surface area contributed by atoms with Gasteiger partial charge in [0.1, 0.15) is 0 Å². The highest BCUT2D eigenvalue weighted by atomic mass is 16.5. The normalized spacial score (nSPS) is 36.9. The molecule has 76 valence electrons. The van der Waals surface area contributed by atoms with E-state index < -0.39 is 0 Å². The SMILES string of the molecule is C1CCCC2OCCCNC2CC1. The third-order valence-corrected chi connectivity index (χ3v) is 3.26. The first kappa shape index (κ1) is 9.47. The van der Waals surface area contributed by atoms with Gasteiger partial charge in [-0.2, -0.15) is 0 Å². The first-order valence-electron chi connectivity index (χ1n) is 5.82. The van der Waals surface area contributed by atoms with Gasteiger partial charge in [-0.3, -0.25) is 0 Å². The Morgan fingerprint density at radius 1 is 0.923 bits per heavy atom. The lowest BCUT2D eigenvalue weighted by molar-refractivity contribution is 0.0297. The zero-order chi connectivity index (χ0) is 8.93. The van der Waals surface area contributed by atoms with E-state index in [-0.39, 0.29) is 0 Å². The third-order valence-electron chi connectivity index (χ3n) is 3.26. The highest BCUT2D eigenvalue weighted by molar-refractivity contribution is 4.81. The molecule has 0 aromatic carbocycles. The molecule has 1 aliphatic carbocycles. The standard InChI is InChI=1S/C11H21NO/c1-2-4-7-11-10(6-3-1)12-8-5-9-13-11/h10-12H,1-9H2. The Hall–Kier alpha value is -0.0800. The van der Waals surface area contributed by atoms with E-state index in [2.05, 4.69) is 5.32 Å². The van der Waals surface area contributed by atoms with E-state index in [0.717, 1.165) is 13.2 Å². The fourth-order valence-electron chi connectivity index (χ4n) is 2.48. The first-order valence-corrected chi connectivity index (χ1v) is 5.82. The van der Waals surface area contributed by atoms with Gasteiger partial charge in [-0.15, -0.1) is 0 Å². The molecule has 0 aromatic rings. The molecule has 2 fully saturated rings. The van der Waals surface area contributed by atoms with Crippen LogP contribution < -0.4 is 5.32 Å². The number of rotatable bonds is 0. The quantitative estimate of drug-likeness (QED) is 0.621. The smallest absolute Gasteiger partial charge is 0.0728 e. The minimum atomic E-state index is 0.516. The van der Waals surface area contributed by atoms with E-state index in [0.29, 0.717) is 12.1 Å². The summed E-state index contributed by atoms with van der Waals surface area (Å²) in [5.74, 6) is 0. The fourth-order valence-corrected chi connectivity index (χ4v) is 2.48. The number of hydrogen-bond donors (Lipinski definition) is 1. The molecule has 1 heterocycles. The molecule has 1 N–H and O–H groups in total. The second-order valence-corrected chi connectivity index (χ2v) is 4.31. The molecule has 2 nitrogen and oxygen atoms in total. The van der Waals surface area contributed by atoms with Gasteiger partial charge in [0.05, 0.1) is 6.10 Å². The summed E-state index contributed by atoms with van der Waals surface area (Å²) in [6, 6.07) is 0.655. The Labute approximate surface area is 81.0 Å². The molecule has 1 aliphatic heterocycles. The van der Waals surface area contributed by atoms with Crippen molar-refractivity contribution in [3.8, 4) is 0 Å². The van der Waals surface area contributed by atoms with Gasteiger partial charge in [0.2, 0.25) is 0 Å². The second kappa shape index (κ2) is 4.97. The zero-order valence-corrected chi connectivity index (χ0v) is 8.43. The topological polar surface area (TPSA) is 21.3 Å². The summed E-state index contributed by atoms with van der Waals surface area (Å²) in [4.78, 5) is 0. The van der Waals surface area contributed by atoms with E-state index in [4.69, 9.17) is 4.74 Å². The van der Waals surface area contributed by atoms with E-state index in [1.807, 2.05) is 0 Å². The lowest BCUT2D eigenvalue weighted by atomic mass is 9.94. The molecule has 13 heavy (non-hydrogen) atoms. The maximum atomic E-state index is 5.88. The monoisotopic (exact) mass is 183 g/mol. The highest BCUT2D eigenvalue weighted by Gasteiger charge is 2.24. The molecule has 0 aromatic heterocycles. The molecule has 0 spiro atoms. The number of fused-ring (bicyclic) bond motifs is 1. The fraction of sp³-hybridized carbons (Fsp3) is 1.00. The Bertz CT molecular complexity index is 133. The second-order valence-electron chi connectivity index (χ2n) is 4.31. The van der Waals surface area contributed by atoms with Crippen LogP contribution in [-0.2, 0) is 4.74 Å². The molecule has 0 bridgehead atoms. The minimum absolute atomic E-state index is 0.516. The van der Waals surface area contributed by atoms with Crippen LogP contribution in [-0.4, -0.2) is 25.3 Å². The van der Waals surface area contributed by atoms with Crippen molar-refractivity contribution in [2.45, 2.75) is 57.1 Å². The highest BCUT2D eigenvalue weighted by Crippen LogP contribution is 2.21. The first-order chi connectivity index (χ1) is 6.47. The summed E-state index contributed by atoms with van der Waals surface area (Å²) >= 11 is 0. The van der Waals surface area contributed by atoms with Crippen LogP contribution in [0.1, 0.15) is 44.9 Å². The molecular weight excluding hydrogens is 162 g/mol. The van der Waals surface area contributed by atoms with Crippen molar-refractivity contribution in [2.24, 2.45) is 0 Å². The summed E-state index contributed by atoms with van der Waals surface area (Å²) < 4.78 is 5.88. The van der Waals surface area contributed by atoms with Crippen molar-refractivity contribution < 1.29 is 4.74 Å². The number of ether oxygens (including phenoxy) is 1. The van der Waals surface area contributed by atoms with Gasteiger partial charge in [-0.05, 0) is 25.8 Å². The van der Waals surface area contributed by atoms with Gasteiger partial charge >= 0.3 is 0 Å². The van der Waals surface area contributed by atoms with Crippen molar-refractivity contribution in [2.75, 3.05) is 13.2 Å². The summed E-state index contributed by atoms with van der Waals surface area (Å²) in [6.07, 6.45) is 9.88. The summed E-state index contributed by atoms with van der Waals surface area (Å²) in [7, 11) is 0. The minimum Gasteiger partial charge on any atom is -0.377 e. The van der Waals surface area contributed by atoms with Crippen LogP contribution >= 0.6 is 0 Å². The predicted molar refractivity (Wildman–Crippen MR) is 53.8 cm³/mol. The van der Waals surface area contributed by atoms with Crippen molar-refractivity contribution in [3.05, 3.63) is 0 Å². The van der Waals surface area contributed by atoms with Gasteiger partial charge in [0, 0.05) is 12.6 Å². The van der Waals surface area contributed by atoms with Crippen molar-refractivity contribution in [1.82, 2.24) is 5.32 Å². The largest absolute Gasteiger partial charge is 0.377 e. The van der Waals surface area contributed by atoms with Crippen LogP contribution in [0.25, 0.3) is 0 Å². The van der Waals surface area contributed by atoms with Crippen molar-refractivity contribution in [1.29, 1.82) is 0 Å². The van der Waals surface area contributed by atoms with Crippen LogP contribution in [0.5, 0.6) is 0 Å². The Morgan fingerprint density at radius 3 is 2.69 bits per heavy atom. The molecule has 1 saturated carbocycles. The predicted octanol–water partition coefficient (Wildman–Crippen LogP) is 2.09. The summed E-state index contributed by atoms with van der Waals surface area (Å²) in [5.41, 5.74) is 0. The lowest BCUT2D eigenvalue weighted by Gasteiger charge is -2.27. The van der Waals surface area contributed by atoms with Gasteiger partial charge < -0.3 is 10.1 Å². The third kappa shape index (κ3) is 2.68. The Morgan fingerprint density at radius 2 is 1.77 bits per heavy atom. The van der Waals surface area contributed by atoms with Gasteiger partial charge in [0.15, 0.2) is 0 Å². The molecule has 2 unspecified atom stereocenters. The molecule has 0 amide bonds. The molecule has 2 heteroatoms. The molecule has 0 radical (unpaired) electrons. The maximum Gasteiger partial charge on any atom is 0.0728 e. The molecule has 2 atom stereocenters. The van der Waals surface area contributed by atoms with Crippen molar-refractivity contribution in [3.63, 3.8) is 0 Å². The number of nitrogens with one attached hydrogen (secondary N) is 1. The van der Waals surface area contributed by atoms with Crippen LogP contribution in [0.2, 0.25) is 0 Å². The molecular formula is C11H21NO. The summed E-state index contributed by atoms with van der Waals surface area (Å²) in [5, 5.41) is 3.63.